The molecule has 1 amide bonds. The first-order valence-corrected chi connectivity index (χ1v) is 6.33. The van der Waals surface area contributed by atoms with Crippen molar-refractivity contribution < 1.29 is 4.79 Å². The second-order valence-electron chi connectivity index (χ2n) is 5.66. The molecule has 1 fully saturated rings. The van der Waals surface area contributed by atoms with Gasteiger partial charge in [-0.05, 0) is 20.9 Å². The van der Waals surface area contributed by atoms with Gasteiger partial charge in [-0.15, -0.1) is 0 Å². The Labute approximate surface area is 104 Å². The van der Waals surface area contributed by atoms with Gasteiger partial charge in [-0.2, -0.15) is 0 Å². The molecule has 1 heterocycles. The lowest BCUT2D eigenvalue weighted by atomic mass is 10.0. The lowest BCUT2D eigenvalue weighted by Crippen LogP contribution is -2.47. The number of nitrogens with two attached hydrogens (primary N) is 1. The second kappa shape index (κ2) is 6.33. The highest BCUT2D eigenvalue weighted by Crippen LogP contribution is 2.02. The fraction of sp³-hybridized carbons (Fsp3) is 0.917. The molecule has 3 N–H and O–H groups in total. The van der Waals surface area contributed by atoms with Crippen LogP contribution in [0.1, 0.15) is 20.3 Å². The van der Waals surface area contributed by atoms with Crippen molar-refractivity contribution in [3.63, 3.8) is 0 Å². The van der Waals surface area contributed by atoms with E-state index in [0.29, 0.717) is 6.42 Å². The highest BCUT2D eigenvalue weighted by atomic mass is 16.1. The van der Waals surface area contributed by atoms with E-state index >= 15 is 0 Å². The van der Waals surface area contributed by atoms with Gasteiger partial charge in [0.25, 0.3) is 0 Å². The average Bonchev–Trinajstić information content (AvgIpc) is 2.18. The predicted molar refractivity (Wildman–Crippen MR) is 69.8 cm³/mol. The molecular formula is C12H26N4O. The van der Waals surface area contributed by atoms with Crippen molar-refractivity contribution in [2.45, 2.75) is 25.8 Å². The maximum absolute atomic E-state index is 11.5. The van der Waals surface area contributed by atoms with Crippen molar-refractivity contribution in [2.75, 3.05) is 46.3 Å². The number of nitrogens with one attached hydrogen (secondary N) is 1. The third-order valence-electron chi connectivity index (χ3n) is 2.96. The molecule has 0 bridgehead atoms. The van der Waals surface area contributed by atoms with E-state index in [4.69, 9.17) is 5.73 Å². The molecule has 1 saturated heterocycles. The summed E-state index contributed by atoms with van der Waals surface area (Å²) < 4.78 is 0. The molecular weight excluding hydrogens is 216 g/mol. The number of hydrogen-bond donors (Lipinski definition) is 2. The first-order valence-electron chi connectivity index (χ1n) is 6.33. The minimum atomic E-state index is -0.419. The molecule has 0 saturated carbocycles. The van der Waals surface area contributed by atoms with Crippen LogP contribution in [0.5, 0.6) is 0 Å². The van der Waals surface area contributed by atoms with Gasteiger partial charge >= 0.3 is 0 Å². The number of nitrogens with zero attached hydrogens (tertiary/aromatic N) is 2. The van der Waals surface area contributed by atoms with Crippen molar-refractivity contribution >= 4 is 5.91 Å². The Morgan fingerprint density at radius 3 is 2.41 bits per heavy atom. The quantitative estimate of drug-likeness (QED) is 0.681. The first-order chi connectivity index (χ1) is 7.87. The van der Waals surface area contributed by atoms with Crippen LogP contribution in [0.3, 0.4) is 0 Å². The van der Waals surface area contributed by atoms with Gasteiger partial charge in [0.05, 0.1) is 0 Å². The van der Waals surface area contributed by atoms with Crippen LogP contribution in [-0.2, 0) is 4.79 Å². The van der Waals surface area contributed by atoms with Crippen LogP contribution in [0.2, 0.25) is 0 Å². The maximum Gasteiger partial charge on any atom is 0.221 e. The number of rotatable bonds is 5. The highest BCUT2D eigenvalue weighted by molar-refractivity contribution is 5.77. The van der Waals surface area contributed by atoms with E-state index in [1.54, 1.807) is 0 Å². The lowest BCUT2D eigenvalue weighted by Gasteiger charge is -2.32. The van der Waals surface area contributed by atoms with E-state index in [0.717, 1.165) is 39.3 Å². The topological polar surface area (TPSA) is 61.6 Å². The van der Waals surface area contributed by atoms with Gasteiger partial charge in [0.15, 0.2) is 0 Å². The van der Waals surface area contributed by atoms with Crippen LogP contribution < -0.4 is 11.1 Å². The molecule has 0 radical (unpaired) electrons. The van der Waals surface area contributed by atoms with Gasteiger partial charge in [0.2, 0.25) is 5.91 Å². The fourth-order valence-electron chi connectivity index (χ4n) is 1.90. The van der Waals surface area contributed by atoms with Gasteiger partial charge in [-0.3, -0.25) is 9.69 Å². The van der Waals surface area contributed by atoms with Crippen molar-refractivity contribution in [3.8, 4) is 0 Å². The molecule has 0 atom stereocenters. The third-order valence-corrected chi connectivity index (χ3v) is 2.96. The number of hydrogen-bond acceptors (Lipinski definition) is 4. The number of likely N-dealkylation sites (N-methyl/N-ethyl adjacent to an activating group) is 1. The summed E-state index contributed by atoms with van der Waals surface area (Å²) in [6, 6.07) is 0. The van der Waals surface area contributed by atoms with Crippen molar-refractivity contribution in [2.24, 2.45) is 5.73 Å². The Morgan fingerprint density at radius 1 is 1.29 bits per heavy atom. The van der Waals surface area contributed by atoms with Gasteiger partial charge in [-0.1, -0.05) is 0 Å². The number of piperazine rings is 1. The lowest BCUT2D eigenvalue weighted by molar-refractivity contribution is -0.122. The SMILES string of the molecule is CN1CCN(CCNC(=O)CC(C)(C)N)CC1. The molecule has 0 aromatic rings. The maximum atomic E-state index is 11.5. The van der Waals surface area contributed by atoms with Crippen LogP contribution in [0.25, 0.3) is 0 Å². The standard InChI is InChI=1S/C12H26N4O/c1-12(2,13)10-11(17)14-4-5-16-8-6-15(3)7-9-16/h4-10,13H2,1-3H3,(H,14,17). The van der Waals surface area contributed by atoms with E-state index in [9.17, 15) is 4.79 Å². The summed E-state index contributed by atoms with van der Waals surface area (Å²) in [5.74, 6) is 0.0478. The summed E-state index contributed by atoms with van der Waals surface area (Å²) in [5, 5.41) is 2.92. The molecule has 1 aliphatic heterocycles. The Hall–Kier alpha value is -0.650. The molecule has 0 aromatic carbocycles. The summed E-state index contributed by atoms with van der Waals surface area (Å²) in [5.41, 5.74) is 5.37. The smallest absolute Gasteiger partial charge is 0.221 e. The zero-order valence-electron chi connectivity index (χ0n) is 11.3. The van der Waals surface area contributed by atoms with E-state index in [-0.39, 0.29) is 5.91 Å². The first kappa shape index (κ1) is 14.4. The van der Waals surface area contributed by atoms with Crippen molar-refractivity contribution in [1.82, 2.24) is 15.1 Å². The van der Waals surface area contributed by atoms with Gasteiger partial charge in [-0.25, -0.2) is 0 Å². The molecule has 100 valence electrons. The van der Waals surface area contributed by atoms with Crippen LogP contribution >= 0.6 is 0 Å². The van der Waals surface area contributed by atoms with Gasteiger partial charge in [0.1, 0.15) is 0 Å². The molecule has 0 spiro atoms. The monoisotopic (exact) mass is 242 g/mol. The molecule has 0 aliphatic carbocycles. The zero-order chi connectivity index (χ0) is 12.9. The zero-order valence-corrected chi connectivity index (χ0v) is 11.3. The van der Waals surface area contributed by atoms with Crippen molar-refractivity contribution in [1.29, 1.82) is 0 Å². The molecule has 5 heteroatoms. The molecule has 17 heavy (non-hydrogen) atoms. The number of amides is 1. The van der Waals surface area contributed by atoms with E-state index < -0.39 is 5.54 Å². The van der Waals surface area contributed by atoms with Crippen LogP contribution in [0.4, 0.5) is 0 Å². The third kappa shape index (κ3) is 6.61. The molecule has 1 aliphatic rings. The molecule has 0 aromatic heterocycles. The van der Waals surface area contributed by atoms with E-state index in [1.165, 1.54) is 0 Å². The average molecular weight is 242 g/mol. The number of carbonyl (C=O) groups is 1. The van der Waals surface area contributed by atoms with Crippen LogP contribution in [-0.4, -0.2) is 67.6 Å². The predicted octanol–water partition coefficient (Wildman–Crippen LogP) is -0.523. The minimum Gasteiger partial charge on any atom is -0.355 e. The second-order valence-corrected chi connectivity index (χ2v) is 5.66. The highest BCUT2D eigenvalue weighted by Gasteiger charge is 2.17. The van der Waals surface area contributed by atoms with Gasteiger partial charge in [0, 0.05) is 51.2 Å². The summed E-state index contributed by atoms with van der Waals surface area (Å²) in [7, 11) is 2.14. The van der Waals surface area contributed by atoms with Crippen LogP contribution in [0.15, 0.2) is 0 Å². The molecule has 1 rings (SSSR count). The Bertz CT molecular complexity index is 241. The Balaban J connectivity index is 2.09. The largest absolute Gasteiger partial charge is 0.355 e. The number of carbonyl (C=O) groups excluding carboxylic acids is 1. The summed E-state index contributed by atoms with van der Waals surface area (Å²) in [6.07, 6.45) is 0.385. The Kier molecular flexibility index (Phi) is 5.36. The van der Waals surface area contributed by atoms with E-state index in [1.807, 2.05) is 13.8 Å². The van der Waals surface area contributed by atoms with E-state index in [2.05, 4.69) is 22.2 Å². The molecule has 0 unspecified atom stereocenters. The molecule has 5 nitrogen and oxygen atoms in total. The summed E-state index contributed by atoms with van der Waals surface area (Å²) in [4.78, 5) is 16.2. The summed E-state index contributed by atoms with van der Waals surface area (Å²) >= 11 is 0. The fourth-order valence-corrected chi connectivity index (χ4v) is 1.90. The normalized spacial score (nSPS) is 19.3. The summed E-state index contributed by atoms with van der Waals surface area (Å²) in [6.45, 7) is 9.81. The van der Waals surface area contributed by atoms with Gasteiger partial charge < -0.3 is 16.0 Å². The van der Waals surface area contributed by atoms with Crippen molar-refractivity contribution in [3.05, 3.63) is 0 Å². The Morgan fingerprint density at radius 2 is 1.88 bits per heavy atom. The van der Waals surface area contributed by atoms with Crippen LogP contribution in [0, 0.1) is 0 Å². The minimum absolute atomic E-state index is 0.0478.